The Hall–Kier alpha value is -0.910. The third kappa shape index (κ3) is 3.70. The van der Waals surface area contributed by atoms with E-state index >= 15 is 0 Å². The number of hydrogen-bond acceptors (Lipinski definition) is 4. The summed E-state index contributed by atoms with van der Waals surface area (Å²) in [6, 6.07) is 0. The number of fused-ring (bicyclic) bond motifs is 1. The lowest BCUT2D eigenvalue weighted by Crippen LogP contribution is -2.42. The van der Waals surface area contributed by atoms with Crippen molar-refractivity contribution in [1.82, 2.24) is 19.6 Å². The number of rotatable bonds is 6. The molecule has 0 aliphatic carbocycles. The van der Waals surface area contributed by atoms with Crippen molar-refractivity contribution in [3.63, 3.8) is 0 Å². The Morgan fingerprint density at radius 3 is 2.73 bits per heavy atom. The Kier molecular flexibility index (Phi) is 5.50. The zero-order valence-electron chi connectivity index (χ0n) is 14.1. The molecule has 2 aliphatic heterocycles. The third-order valence-electron chi connectivity index (χ3n) is 5.03. The number of ether oxygens (including phenoxy) is 1. The van der Waals surface area contributed by atoms with Crippen LogP contribution in [-0.4, -0.2) is 65.5 Å². The van der Waals surface area contributed by atoms with Gasteiger partial charge in [-0.05, 0) is 32.9 Å². The highest BCUT2D eigenvalue weighted by atomic mass is 16.5. The van der Waals surface area contributed by atoms with Gasteiger partial charge in [-0.3, -0.25) is 9.58 Å². The molecule has 5 nitrogen and oxygen atoms in total. The number of piperidine rings is 1. The van der Waals surface area contributed by atoms with Gasteiger partial charge in [-0.1, -0.05) is 6.42 Å². The Morgan fingerprint density at radius 2 is 1.95 bits per heavy atom. The Bertz CT molecular complexity index is 467. The fourth-order valence-corrected chi connectivity index (χ4v) is 3.87. The predicted molar refractivity (Wildman–Crippen MR) is 88.0 cm³/mol. The normalized spacial score (nSPS) is 23.6. The molecule has 3 rings (SSSR count). The molecule has 0 spiro atoms. The fourth-order valence-electron chi connectivity index (χ4n) is 3.87. The van der Waals surface area contributed by atoms with Gasteiger partial charge >= 0.3 is 0 Å². The highest BCUT2D eigenvalue weighted by molar-refractivity contribution is 5.25. The summed E-state index contributed by atoms with van der Waals surface area (Å²) in [5.74, 6) is 0.456. The Balaban J connectivity index is 1.59. The zero-order valence-corrected chi connectivity index (χ0v) is 14.1. The van der Waals surface area contributed by atoms with Crippen LogP contribution in [0.4, 0.5) is 0 Å². The standard InChI is InChI=1S/C17H30N4O/c1-3-22-14-16-13-21(10-9-20-7-5-4-6-8-20)12-15-11-18-19(2)17(15)16/h11,16H,3-10,12-14H2,1-2H3/t16-/m1/s1. The predicted octanol–water partition coefficient (Wildman–Crippen LogP) is 1.84. The second-order valence-corrected chi connectivity index (χ2v) is 6.67. The summed E-state index contributed by atoms with van der Waals surface area (Å²) in [6.45, 7) is 10.7. The second kappa shape index (κ2) is 7.57. The van der Waals surface area contributed by atoms with Crippen molar-refractivity contribution in [3.8, 4) is 0 Å². The molecule has 0 aromatic carbocycles. The van der Waals surface area contributed by atoms with Gasteiger partial charge in [0.1, 0.15) is 0 Å². The van der Waals surface area contributed by atoms with E-state index in [-0.39, 0.29) is 0 Å². The van der Waals surface area contributed by atoms with E-state index in [0.29, 0.717) is 5.92 Å². The molecule has 1 atom stereocenters. The lowest BCUT2D eigenvalue weighted by molar-refractivity contribution is 0.0983. The number of nitrogens with zero attached hydrogens (tertiary/aromatic N) is 4. The third-order valence-corrected chi connectivity index (χ3v) is 5.03. The van der Waals surface area contributed by atoms with Gasteiger partial charge in [-0.2, -0.15) is 5.10 Å². The second-order valence-electron chi connectivity index (χ2n) is 6.67. The van der Waals surface area contributed by atoms with Crippen molar-refractivity contribution in [1.29, 1.82) is 0 Å². The molecular weight excluding hydrogens is 276 g/mol. The molecule has 0 amide bonds. The van der Waals surface area contributed by atoms with Crippen LogP contribution in [0.2, 0.25) is 0 Å². The van der Waals surface area contributed by atoms with E-state index in [1.807, 2.05) is 10.9 Å². The van der Waals surface area contributed by atoms with Crippen LogP contribution in [0.15, 0.2) is 6.20 Å². The quantitative estimate of drug-likeness (QED) is 0.803. The first-order valence-electron chi connectivity index (χ1n) is 8.81. The van der Waals surface area contributed by atoms with Crippen molar-refractivity contribution < 1.29 is 4.74 Å². The molecule has 1 aromatic heterocycles. The van der Waals surface area contributed by atoms with Crippen LogP contribution in [0.1, 0.15) is 43.4 Å². The maximum Gasteiger partial charge on any atom is 0.0562 e. The van der Waals surface area contributed by atoms with Crippen molar-refractivity contribution in [2.45, 2.75) is 38.6 Å². The van der Waals surface area contributed by atoms with E-state index in [1.165, 1.54) is 50.2 Å². The smallest absolute Gasteiger partial charge is 0.0562 e. The number of likely N-dealkylation sites (tertiary alicyclic amines) is 1. The highest BCUT2D eigenvalue weighted by Crippen LogP contribution is 2.28. The van der Waals surface area contributed by atoms with Gasteiger partial charge in [0.2, 0.25) is 0 Å². The molecule has 124 valence electrons. The van der Waals surface area contributed by atoms with Gasteiger partial charge in [0, 0.05) is 57.0 Å². The zero-order chi connectivity index (χ0) is 15.4. The van der Waals surface area contributed by atoms with E-state index in [0.717, 1.165) is 32.8 Å². The van der Waals surface area contributed by atoms with Crippen LogP contribution in [0.5, 0.6) is 0 Å². The van der Waals surface area contributed by atoms with Gasteiger partial charge in [0.05, 0.1) is 12.8 Å². The van der Waals surface area contributed by atoms with E-state index in [9.17, 15) is 0 Å². The van der Waals surface area contributed by atoms with Crippen molar-refractivity contribution in [2.24, 2.45) is 7.05 Å². The monoisotopic (exact) mass is 306 g/mol. The van der Waals surface area contributed by atoms with Gasteiger partial charge in [0.15, 0.2) is 0 Å². The molecule has 1 fully saturated rings. The van der Waals surface area contributed by atoms with Crippen LogP contribution in [0.25, 0.3) is 0 Å². The molecule has 2 aliphatic rings. The van der Waals surface area contributed by atoms with Gasteiger partial charge in [-0.15, -0.1) is 0 Å². The lowest BCUT2D eigenvalue weighted by Gasteiger charge is -2.35. The number of aryl methyl sites for hydroxylation is 1. The maximum absolute atomic E-state index is 5.72. The van der Waals surface area contributed by atoms with Crippen LogP contribution in [-0.2, 0) is 18.3 Å². The van der Waals surface area contributed by atoms with Crippen molar-refractivity contribution >= 4 is 0 Å². The average molecular weight is 306 g/mol. The molecule has 0 unspecified atom stereocenters. The number of hydrogen-bond donors (Lipinski definition) is 0. The summed E-state index contributed by atoms with van der Waals surface area (Å²) in [7, 11) is 2.06. The summed E-state index contributed by atoms with van der Waals surface area (Å²) in [6.07, 6.45) is 6.20. The summed E-state index contributed by atoms with van der Waals surface area (Å²) >= 11 is 0. The largest absolute Gasteiger partial charge is 0.381 e. The van der Waals surface area contributed by atoms with E-state index < -0.39 is 0 Å². The molecular formula is C17H30N4O. The Morgan fingerprint density at radius 1 is 1.18 bits per heavy atom. The van der Waals surface area contributed by atoms with Gasteiger partial charge < -0.3 is 9.64 Å². The minimum absolute atomic E-state index is 0.456. The molecule has 22 heavy (non-hydrogen) atoms. The van der Waals surface area contributed by atoms with Crippen LogP contribution >= 0.6 is 0 Å². The first kappa shape index (κ1) is 16.0. The first-order chi connectivity index (χ1) is 10.8. The summed E-state index contributed by atoms with van der Waals surface area (Å²) in [5, 5.41) is 4.47. The van der Waals surface area contributed by atoms with E-state index in [4.69, 9.17) is 4.74 Å². The van der Waals surface area contributed by atoms with Crippen LogP contribution < -0.4 is 0 Å². The molecule has 0 saturated carbocycles. The minimum atomic E-state index is 0.456. The molecule has 0 bridgehead atoms. The SMILES string of the molecule is CCOC[C@H]1CN(CCN2CCCCC2)Cc2cnn(C)c21. The topological polar surface area (TPSA) is 33.5 Å². The number of aromatic nitrogens is 2. The summed E-state index contributed by atoms with van der Waals surface area (Å²) < 4.78 is 7.76. The van der Waals surface area contributed by atoms with E-state index in [2.05, 4.69) is 28.9 Å². The summed E-state index contributed by atoms with van der Waals surface area (Å²) in [5.41, 5.74) is 2.76. The molecule has 0 N–H and O–H groups in total. The van der Waals surface area contributed by atoms with E-state index in [1.54, 1.807) is 0 Å². The fraction of sp³-hybridized carbons (Fsp3) is 0.824. The van der Waals surface area contributed by atoms with Crippen molar-refractivity contribution in [2.75, 3.05) is 45.9 Å². The molecule has 1 aromatic rings. The summed E-state index contributed by atoms with van der Waals surface area (Å²) in [4.78, 5) is 5.21. The van der Waals surface area contributed by atoms with Crippen molar-refractivity contribution in [3.05, 3.63) is 17.5 Å². The molecule has 1 saturated heterocycles. The molecule has 0 radical (unpaired) electrons. The van der Waals surface area contributed by atoms with Gasteiger partial charge in [0.25, 0.3) is 0 Å². The highest BCUT2D eigenvalue weighted by Gasteiger charge is 2.28. The van der Waals surface area contributed by atoms with Gasteiger partial charge in [-0.25, -0.2) is 0 Å². The lowest BCUT2D eigenvalue weighted by atomic mass is 9.97. The minimum Gasteiger partial charge on any atom is -0.381 e. The Labute approximate surface area is 134 Å². The van der Waals surface area contributed by atoms with Crippen LogP contribution in [0, 0.1) is 0 Å². The maximum atomic E-state index is 5.72. The molecule has 5 heteroatoms. The first-order valence-corrected chi connectivity index (χ1v) is 8.81. The average Bonchev–Trinajstić information content (AvgIpc) is 2.93. The van der Waals surface area contributed by atoms with Crippen LogP contribution in [0.3, 0.4) is 0 Å². The molecule has 3 heterocycles.